The van der Waals surface area contributed by atoms with Crippen molar-refractivity contribution in [3.8, 4) is 0 Å². The second-order valence-electron chi connectivity index (χ2n) is 7.08. The summed E-state index contributed by atoms with van der Waals surface area (Å²) >= 11 is 0. The minimum absolute atomic E-state index is 0.673. The molecule has 5 rings (SSSR count). The van der Waals surface area contributed by atoms with Gasteiger partial charge in [-0.1, -0.05) is 30.3 Å². The maximum Gasteiger partial charge on any atom is 0.314 e. The Morgan fingerprint density at radius 2 is 1.61 bits per heavy atom. The second kappa shape index (κ2) is 7.45. The van der Waals surface area contributed by atoms with E-state index in [-0.39, 0.29) is 0 Å². The van der Waals surface area contributed by atoms with E-state index in [1.54, 1.807) is 0 Å². The largest absolute Gasteiger partial charge is 0.481 e. The number of benzene rings is 1. The number of nitrogens with zero attached hydrogens (tertiary/aromatic N) is 1. The minimum atomic E-state index is -0.699. The van der Waals surface area contributed by atoms with Gasteiger partial charge in [-0.05, 0) is 76.3 Å². The SMILES string of the molecule is C1CN2CCC1CC2.O=C(O)C1(c2ccccc2)CCNCC1. The zero-order valence-corrected chi connectivity index (χ0v) is 13.8. The van der Waals surface area contributed by atoms with Gasteiger partial charge in [0, 0.05) is 0 Å². The molecule has 4 aliphatic rings. The van der Waals surface area contributed by atoms with Crippen LogP contribution in [0.3, 0.4) is 0 Å². The van der Waals surface area contributed by atoms with Crippen LogP contribution in [0, 0.1) is 5.92 Å². The van der Waals surface area contributed by atoms with Crippen LogP contribution in [0.15, 0.2) is 30.3 Å². The van der Waals surface area contributed by atoms with Crippen LogP contribution in [0.1, 0.15) is 37.7 Å². The van der Waals surface area contributed by atoms with Crippen molar-refractivity contribution in [3.05, 3.63) is 35.9 Å². The number of hydrogen-bond acceptors (Lipinski definition) is 3. The van der Waals surface area contributed by atoms with Crippen LogP contribution in [0.25, 0.3) is 0 Å². The lowest BCUT2D eigenvalue weighted by Crippen LogP contribution is -2.45. The van der Waals surface area contributed by atoms with Gasteiger partial charge < -0.3 is 15.3 Å². The number of nitrogens with one attached hydrogen (secondary N) is 1. The molecule has 0 unspecified atom stereocenters. The van der Waals surface area contributed by atoms with Gasteiger partial charge in [-0.15, -0.1) is 0 Å². The van der Waals surface area contributed by atoms with Gasteiger partial charge in [-0.25, -0.2) is 0 Å². The number of carboxylic acids is 1. The number of piperidine rings is 4. The first-order valence-electron chi connectivity index (χ1n) is 8.93. The lowest BCUT2D eigenvalue weighted by molar-refractivity contribution is -0.145. The van der Waals surface area contributed by atoms with Crippen molar-refractivity contribution in [2.45, 2.75) is 37.5 Å². The second-order valence-corrected chi connectivity index (χ2v) is 7.08. The minimum Gasteiger partial charge on any atom is -0.481 e. The Balaban J connectivity index is 0.000000162. The molecule has 4 nitrogen and oxygen atoms in total. The number of fused-ring (bicyclic) bond motifs is 3. The van der Waals surface area contributed by atoms with Crippen LogP contribution >= 0.6 is 0 Å². The maximum atomic E-state index is 11.4. The van der Waals surface area contributed by atoms with Crippen LogP contribution in [0.2, 0.25) is 0 Å². The van der Waals surface area contributed by atoms with Gasteiger partial charge in [-0.3, -0.25) is 4.79 Å². The summed E-state index contributed by atoms with van der Waals surface area (Å²) in [5, 5.41) is 12.6. The fourth-order valence-electron chi connectivity index (χ4n) is 4.10. The first kappa shape index (κ1) is 16.5. The summed E-state index contributed by atoms with van der Waals surface area (Å²) in [6.45, 7) is 5.74. The van der Waals surface area contributed by atoms with E-state index in [1.807, 2.05) is 30.3 Å². The average Bonchev–Trinajstić information content (AvgIpc) is 2.65. The fourth-order valence-corrected chi connectivity index (χ4v) is 4.10. The van der Waals surface area contributed by atoms with Crippen LogP contribution < -0.4 is 5.32 Å². The fraction of sp³-hybridized carbons (Fsp3) is 0.632. The number of hydrogen-bond donors (Lipinski definition) is 2. The van der Waals surface area contributed by atoms with Crippen molar-refractivity contribution in [2.24, 2.45) is 5.92 Å². The van der Waals surface area contributed by atoms with Gasteiger partial charge in [0.05, 0.1) is 5.41 Å². The van der Waals surface area contributed by atoms with Crippen LogP contribution in [0.4, 0.5) is 0 Å². The molecule has 4 heterocycles. The van der Waals surface area contributed by atoms with E-state index < -0.39 is 11.4 Å². The average molecular weight is 316 g/mol. The highest BCUT2D eigenvalue weighted by molar-refractivity contribution is 5.81. The molecule has 0 saturated carbocycles. The predicted octanol–water partition coefficient (Wildman–Crippen LogP) is 2.49. The summed E-state index contributed by atoms with van der Waals surface area (Å²) in [5.41, 5.74) is 0.256. The predicted molar refractivity (Wildman–Crippen MR) is 91.6 cm³/mol. The summed E-state index contributed by atoms with van der Waals surface area (Å²) in [7, 11) is 0. The molecule has 2 N–H and O–H groups in total. The van der Waals surface area contributed by atoms with E-state index in [2.05, 4.69) is 10.2 Å². The molecule has 1 aromatic carbocycles. The summed E-state index contributed by atoms with van der Waals surface area (Å²) in [4.78, 5) is 14.0. The molecule has 23 heavy (non-hydrogen) atoms. The van der Waals surface area contributed by atoms with Gasteiger partial charge in [0.15, 0.2) is 0 Å². The van der Waals surface area contributed by atoms with Crippen molar-refractivity contribution in [1.82, 2.24) is 10.2 Å². The van der Waals surface area contributed by atoms with Crippen LogP contribution in [-0.2, 0) is 10.2 Å². The molecule has 126 valence electrons. The van der Waals surface area contributed by atoms with Crippen molar-refractivity contribution in [1.29, 1.82) is 0 Å². The Kier molecular flexibility index (Phi) is 5.34. The molecule has 1 aromatic rings. The summed E-state index contributed by atoms with van der Waals surface area (Å²) in [5.74, 6) is 0.412. The molecule has 4 fully saturated rings. The standard InChI is InChI=1S/C12H15NO2.C7H13N/c14-11(15)12(6-8-13-9-7-12)10-4-2-1-3-5-10;1-4-8-5-2-7(1)3-6-8/h1-5,13H,6-9H2,(H,14,15);7H,1-6H2. The third-order valence-corrected chi connectivity index (χ3v) is 5.75. The Morgan fingerprint density at radius 1 is 1.04 bits per heavy atom. The molecule has 0 aliphatic carbocycles. The summed E-state index contributed by atoms with van der Waals surface area (Å²) in [6, 6.07) is 9.56. The third kappa shape index (κ3) is 3.75. The number of rotatable bonds is 2. The highest BCUT2D eigenvalue weighted by Crippen LogP contribution is 2.33. The Labute approximate surface area is 138 Å². The third-order valence-electron chi connectivity index (χ3n) is 5.75. The Hall–Kier alpha value is -1.39. The first-order valence-corrected chi connectivity index (χ1v) is 8.93. The van der Waals surface area contributed by atoms with E-state index in [4.69, 9.17) is 0 Å². The molecule has 4 heteroatoms. The topological polar surface area (TPSA) is 52.6 Å². The van der Waals surface area contributed by atoms with Crippen molar-refractivity contribution in [2.75, 3.05) is 32.7 Å². The molecule has 0 amide bonds. The van der Waals surface area contributed by atoms with Crippen molar-refractivity contribution < 1.29 is 9.90 Å². The van der Waals surface area contributed by atoms with Gasteiger partial charge in [-0.2, -0.15) is 0 Å². The Bertz CT molecular complexity index is 480. The highest BCUT2D eigenvalue weighted by Gasteiger charge is 2.41. The monoisotopic (exact) mass is 316 g/mol. The molecule has 0 atom stereocenters. The van der Waals surface area contributed by atoms with Crippen LogP contribution in [0.5, 0.6) is 0 Å². The normalized spacial score (nSPS) is 28.5. The number of aliphatic carboxylic acids is 1. The van der Waals surface area contributed by atoms with E-state index >= 15 is 0 Å². The smallest absolute Gasteiger partial charge is 0.314 e. The first-order chi connectivity index (χ1) is 11.2. The molecule has 0 spiro atoms. The molecule has 4 saturated heterocycles. The molecule has 4 aliphatic heterocycles. The van der Waals surface area contributed by atoms with Gasteiger partial charge in [0.25, 0.3) is 0 Å². The van der Waals surface area contributed by atoms with Gasteiger partial charge >= 0.3 is 5.97 Å². The highest BCUT2D eigenvalue weighted by atomic mass is 16.4. The van der Waals surface area contributed by atoms with E-state index in [0.29, 0.717) is 12.8 Å². The number of carboxylic acid groups (broad SMARTS) is 1. The summed E-state index contributed by atoms with van der Waals surface area (Å²) in [6.07, 6.45) is 5.80. The summed E-state index contributed by atoms with van der Waals surface area (Å²) < 4.78 is 0. The molecule has 0 aromatic heterocycles. The quantitative estimate of drug-likeness (QED) is 0.880. The zero-order chi connectivity index (χ0) is 16.1. The van der Waals surface area contributed by atoms with Crippen LogP contribution in [-0.4, -0.2) is 48.7 Å². The Morgan fingerprint density at radius 3 is 2.00 bits per heavy atom. The lowest BCUT2D eigenvalue weighted by atomic mass is 9.73. The number of carbonyl (C=O) groups is 1. The van der Waals surface area contributed by atoms with E-state index in [9.17, 15) is 9.90 Å². The molecular weight excluding hydrogens is 288 g/mol. The van der Waals surface area contributed by atoms with Crippen molar-refractivity contribution in [3.63, 3.8) is 0 Å². The zero-order valence-electron chi connectivity index (χ0n) is 13.8. The molecular formula is C19H28N2O2. The van der Waals surface area contributed by atoms with E-state index in [0.717, 1.165) is 24.6 Å². The molecule has 0 radical (unpaired) electrons. The molecule has 2 bridgehead atoms. The van der Waals surface area contributed by atoms with E-state index in [1.165, 1.54) is 38.9 Å². The maximum absolute atomic E-state index is 11.4. The lowest BCUT2D eigenvalue weighted by Gasteiger charge is -2.38. The van der Waals surface area contributed by atoms with Crippen molar-refractivity contribution >= 4 is 5.97 Å². The van der Waals surface area contributed by atoms with Gasteiger partial charge in [0.1, 0.15) is 0 Å². The van der Waals surface area contributed by atoms with Gasteiger partial charge in [0.2, 0.25) is 0 Å².